The Morgan fingerprint density at radius 1 is 0.488 bits per heavy atom. The van der Waals surface area contributed by atoms with Crippen LogP contribution in [0.25, 0.3) is 32.7 Å². The molecule has 2 saturated carbocycles. The minimum Gasteiger partial charge on any atom is -0.492 e. The first kappa shape index (κ1) is 28.5. The third-order valence-electron chi connectivity index (χ3n) is 10.5. The van der Waals surface area contributed by atoms with Crippen LogP contribution in [0.15, 0.2) is 72.8 Å². The second kappa shape index (κ2) is 11.3. The maximum atomic E-state index is 15.4. The molecule has 1 aliphatic heterocycles. The molecule has 6 heteroatoms. The summed E-state index contributed by atoms with van der Waals surface area (Å²) in [5.41, 5.74) is 1.97. The van der Waals surface area contributed by atoms with Crippen LogP contribution < -0.4 is 9.47 Å². The molecule has 2 aliphatic carbocycles. The molecule has 0 atom stereocenters. The van der Waals surface area contributed by atoms with Crippen LogP contribution in [0.2, 0.25) is 0 Å². The first-order valence-electron chi connectivity index (χ1n) is 15.9. The van der Waals surface area contributed by atoms with Gasteiger partial charge in [-0.15, -0.1) is 0 Å². The van der Waals surface area contributed by atoms with Gasteiger partial charge in [0.15, 0.2) is 0 Å². The van der Waals surface area contributed by atoms with Gasteiger partial charge in [-0.3, -0.25) is 0 Å². The monoisotopic (exact) mass is 590 g/mol. The molecule has 0 radical (unpaired) electrons. The number of fused-ring (bicyclic) bond motifs is 7. The van der Waals surface area contributed by atoms with Gasteiger partial charge in [-0.1, -0.05) is 79.9 Å². The fourth-order valence-electron chi connectivity index (χ4n) is 7.94. The quantitative estimate of drug-likeness (QED) is 0.220. The Labute approximate surface area is 250 Å². The summed E-state index contributed by atoms with van der Waals surface area (Å²) in [6.45, 7) is 0.752. The Balaban J connectivity index is 1.16. The molecule has 0 spiro atoms. The molecule has 0 aromatic heterocycles. The zero-order chi connectivity index (χ0) is 29.6. The molecular weight excluding hydrogens is 552 g/mol. The molecule has 226 valence electrons. The maximum absolute atomic E-state index is 15.4. The summed E-state index contributed by atoms with van der Waals surface area (Å²) >= 11 is 0. The van der Waals surface area contributed by atoms with Crippen LogP contribution in [-0.4, -0.2) is 25.1 Å². The van der Waals surface area contributed by atoms with E-state index >= 15 is 17.6 Å². The molecule has 0 saturated heterocycles. The number of rotatable bonds is 4. The Bertz CT molecular complexity index is 1510. The van der Waals surface area contributed by atoms with Crippen molar-refractivity contribution >= 4 is 21.5 Å². The van der Waals surface area contributed by atoms with Gasteiger partial charge in [0.05, 0.1) is 13.2 Å². The molecule has 4 aromatic rings. The van der Waals surface area contributed by atoms with Gasteiger partial charge in [0.1, 0.15) is 11.5 Å². The van der Waals surface area contributed by atoms with Crippen molar-refractivity contribution in [3.63, 3.8) is 0 Å². The van der Waals surface area contributed by atoms with E-state index in [4.69, 9.17) is 9.47 Å². The summed E-state index contributed by atoms with van der Waals surface area (Å²) in [6.07, 6.45) is 3.60. The van der Waals surface area contributed by atoms with Gasteiger partial charge in [-0.2, -0.15) is 17.6 Å². The second-order valence-electron chi connectivity index (χ2n) is 12.9. The van der Waals surface area contributed by atoms with Crippen molar-refractivity contribution in [3.8, 4) is 22.6 Å². The molecule has 0 bridgehead atoms. The highest BCUT2D eigenvalue weighted by atomic mass is 19.3. The van der Waals surface area contributed by atoms with Crippen LogP contribution in [0, 0.1) is 23.7 Å². The van der Waals surface area contributed by atoms with Gasteiger partial charge < -0.3 is 9.47 Å². The summed E-state index contributed by atoms with van der Waals surface area (Å²) < 4.78 is 74.3. The largest absolute Gasteiger partial charge is 0.492 e. The van der Waals surface area contributed by atoms with E-state index in [1.54, 1.807) is 0 Å². The first-order valence-corrected chi connectivity index (χ1v) is 15.9. The summed E-state index contributed by atoms with van der Waals surface area (Å²) in [5.74, 6) is -8.90. The molecule has 1 heterocycles. The molecule has 0 N–H and O–H groups in total. The zero-order valence-electron chi connectivity index (χ0n) is 24.3. The van der Waals surface area contributed by atoms with Gasteiger partial charge in [0.2, 0.25) is 0 Å². The molecule has 43 heavy (non-hydrogen) atoms. The normalized spacial score (nSPS) is 22.5. The summed E-state index contributed by atoms with van der Waals surface area (Å²) in [7, 11) is 0. The molecule has 2 nitrogen and oxygen atoms in total. The number of benzene rings is 4. The summed E-state index contributed by atoms with van der Waals surface area (Å²) in [6, 6.07) is 24.6. The number of ether oxygens (including phenoxy) is 2. The van der Waals surface area contributed by atoms with Crippen LogP contribution in [0.5, 0.6) is 11.5 Å². The molecule has 2 fully saturated rings. The van der Waals surface area contributed by atoms with Crippen molar-refractivity contribution in [2.45, 2.75) is 69.6 Å². The van der Waals surface area contributed by atoms with Crippen LogP contribution in [-0.2, 0) is 0 Å². The Hall–Kier alpha value is -3.28. The summed E-state index contributed by atoms with van der Waals surface area (Å²) in [4.78, 5) is 0. The van der Waals surface area contributed by atoms with E-state index in [1.807, 2.05) is 36.4 Å². The molecule has 7 rings (SSSR count). The number of hydrogen-bond acceptors (Lipinski definition) is 2. The van der Waals surface area contributed by atoms with E-state index in [9.17, 15) is 0 Å². The fraction of sp³-hybridized carbons (Fsp3) is 0.459. The highest BCUT2D eigenvalue weighted by Crippen LogP contribution is 2.54. The highest BCUT2D eigenvalue weighted by Gasteiger charge is 2.64. The predicted octanol–water partition coefficient (Wildman–Crippen LogP) is 10.7. The zero-order valence-corrected chi connectivity index (χ0v) is 24.3. The van der Waals surface area contributed by atoms with E-state index < -0.39 is 23.7 Å². The highest BCUT2D eigenvalue weighted by molar-refractivity contribution is 6.09. The lowest BCUT2D eigenvalue weighted by Crippen LogP contribution is -2.52. The molecular formula is C37H38F4O2. The van der Waals surface area contributed by atoms with Crippen molar-refractivity contribution in [2.75, 3.05) is 13.2 Å². The van der Waals surface area contributed by atoms with Gasteiger partial charge >= 0.3 is 11.8 Å². The van der Waals surface area contributed by atoms with E-state index in [0.29, 0.717) is 38.9 Å². The lowest BCUT2D eigenvalue weighted by Gasteiger charge is -2.42. The molecule has 4 aromatic carbocycles. The SMILES string of the molecule is FC(F)(C1CCCCC1)C(F)(F)C1CCC(C2COc3ccc4ccccc4c3-c3c(ccc4ccccc34)OC2)CC1. The van der Waals surface area contributed by atoms with Gasteiger partial charge in [-0.05, 0) is 78.1 Å². The van der Waals surface area contributed by atoms with Crippen molar-refractivity contribution in [1.29, 1.82) is 0 Å². The topological polar surface area (TPSA) is 18.5 Å². The van der Waals surface area contributed by atoms with E-state index in [0.717, 1.165) is 50.6 Å². The lowest BCUT2D eigenvalue weighted by atomic mass is 9.71. The Morgan fingerprint density at radius 2 is 0.953 bits per heavy atom. The number of hydrogen-bond donors (Lipinski definition) is 0. The van der Waals surface area contributed by atoms with Crippen molar-refractivity contribution in [1.82, 2.24) is 0 Å². The third-order valence-corrected chi connectivity index (χ3v) is 10.5. The molecule has 0 unspecified atom stereocenters. The standard InChI is InChI=1S/C37H38F4O2/c38-36(39,28-10-2-1-3-11-28)37(40,41)29-18-14-24(15-19-29)27-22-42-32-20-16-25-8-4-6-12-30(25)34(32)35-31-13-7-5-9-26(31)17-21-33(35)43-23-27/h4-9,12-13,16-17,20-21,24,27-29H,1-3,10-11,14-15,18-19,22-23H2. The van der Waals surface area contributed by atoms with Crippen LogP contribution in [0.4, 0.5) is 17.6 Å². The van der Waals surface area contributed by atoms with Gasteiger partial charge in [-0.25, -0.2) is 0 Å². The van der Waals surface area contributed by atoms with Crippen LogP contribution in [0.1, 0.15) is 57.8 Å². The number of alkyl halides is 4. The first-order chi connectivity index (χ1) is 20.8. The fourth-order valence-corrected chi connectivity index (χ4v) is 7.94. The van der Waals surface area contributed by atoms with Crippen molar-refractivity contribution in [3.05, 3.63) is 72.8 Å². The van der Waals surface area contributed by atoms with Crippen LogP contribution in [0.3, 0.4) is 0 Å². The van der Waals surface area contributed by atoms with Gasteiger partial charge in [0.25, 0.3) is 0 Å². The van der Waals surface area contributed by atoms with E-state index in [1.165, 1.54) is 0 Å². The minimum atomic E-state index is -3.98. The van der Waals surface area contributed by atoms with Crippen molar-refractivity contribution < 1.29 is 27.0 Å². The number of halogens is 4. The smallest absolute Gasteiger partial charge is 0.313 e. The second-order valence-corrected chi connectivity index (χ2v) is 12.9. The minimum absolute atomic E-state index is 0.0508. The third kappa shape index (κ3) is 5.05. The molecule has 0 amide bonds. The van der Waals surface area contributed by atoms with E-state index in [-0.39, 0.29) is 37.5 Å². The summed E-state index contributed by atoms with van der Waals surface area (Å²) in [5, 5.41) is 4.34. The lowest BCUT2D eigenvalue weighted by molar-refractivity contribution is -0.269. The Kier molecular flexibility index (Phi) is 7.51. The van der Waals surface area contributed by atoms with Gasteiger partial charge in [0, 0.05) is 28.9 Å². The Morgan fingerprint density at radius 3 is 1.47 bits per heavy atom. The predicted molar refractivity (Wildman–Crippen MR) is 163 cm³/mol. The van der Waals surface area contributed by atoms with Crippen molar-refractivity contribution in [2.24, 2.45) is 23.7 Å². The van der Waals surface area contributed by atoms with E-state index in [2.05, 4.69) is 36.4 Å². The maximum Gasteiger partial charge on any atom is 0.313 e. The average molecular weight is 591 g/mol. The average Bonchev–Trinajstić information content (AvgIpc) is 3.13. The van der Waals surface area contributed by atoms with Crippen LogP contribution >= 0.6 is 0 Å². The molecule has 3 aliphatic rings.